The number of nitrogens with two attached hydrogens (primary N) is 1. The van der Waals surface area contributed by atoms with Crippen LogP contribution in [0.25, 0.3) is 0 Å². The Labute approximate surface area is 91.5 Å². The van der Waals surface area contributed by atoms with Gasteiger partial charge in [0.1, 0.15) is 0 Å². The Bertz CT molecular complexity index is 207. The Morgan fingerprint density at radius 2 is 2.00 bits per heavy atom. The maximum absolute atomic E-state index is 11.4. The standard InChI is InChI=1S/C11H22N2O2/c1-8(2)15-11(14)13-10-7-5-3-4-6-9(10)12/h8-10H,3-7,12H2,1-2H3,(H,13,14). The molecule has 1 aliphatic carbocycles. The molecule has 0 aromatic heterocycles. The lowest BCUT2D eigenvalue weighted by Crippen LogP contribution is -2.47. The zero-order valence-electron chi connectivity index (χ0n) is 9.66. The average Bonchev–Trinajstić information content (AvgIpc) is 2.30. The van der Waals surface area contributed by atoms with E-state index in [0.717, 1.165) is 19.3 Å². The molecule has 0 aromatic carbocycles. The van der Waals surface area contributed by atoms with Crippen LogP contribution in [0.3, 0.4) is 0 Å². The molecular formula is C11H22N2O2. The van der Waals surface area contributed by atoms with Crippen molar-refractivity contribution < 1.29 is 9.53 Å². The first kappa shape index (κ1) is 12.3. The molecule has 0 spiro atoms. The van der Waals surface area contributed by atoms with Crippen molar-refractivity contribution in [3.63, 3.8) is 0 Å². The van der Waals surface area contributed by atoms with E-state index >= 15 is 0 Å². The molecule has 3 N–H and O–H groups in total. The summed E-state index contributed by atoms with van der Waals surface area (Å²) in [7, 11) is 0. The molecule has 4 heteroatoms. The molecule has 0 aliphatic heterocycles. The first-order valence-electron chi connectivity index (χ1n) is 5.82. The van der Waals surface area contributed by atoms with Crippen LogP contribution in [0, 0.1) is 0 Å². The molecule has 1 saturated carbocycles. The molecule has 0 radical (unpaired) electrons. The number of hydrogen-bond acceptors (Lipinski definition) is 3. The smallest absolute Gasteiger partial charge is 0.407 e. The number of carbonyl (C=O) groups is 1. The lowest BCUT2D eigenvalue weighted by molar-refractivity contribution is 0.110. The third-order valence-corrected chi connectivity index (χ3v) is 2.72. The van der Waals surface area contributed by atoms with E-state index in [0.29, 0.717) is 0 Å². The zero-order chi connectivity index (χ0) is 11.3. The molecule has 0 aromatic rings. The molecule has 1 aliphatic rings. The lowest BCUT2D eigenvalue weighted by Gasteiger charge is -2.22. The minimum atomic E-state index is -0.340. The maximum atomic E-state index is 11.4. The minimum absolute atomic E-state index is 0.0761. The normalized spacial score (nSPS) is 27.2. The van der Waals surface area contributed by atoms with Crippen LogP contribution in [-0.2, 0) is 4.74 Å². The van der Waals surface area contributed by atoms with Crippen molar-refractivity contribution in [1.82, 2.24) is 5.32 Å². The number of hydrogen-bond donors (Lipinski definition) is 2. The van der Waals surface area contributed by atoms with E-state index in [1.807, 2.05) is 13.8 Å². The van der Waals surface area contributed by atoms with Gasteiger partial charge in [-0.05, 0) is 26.7 Å². The summed E-state index contributed by atoms with van der Waals surface area (Å²) >= 11 is 0. The van der Waals surface area contributed by atoms with Crippen molar-refractivity contribution >= 4 is 6.09 Å². The van der Waals surface area contributed by atoms with E-state index in [1.165, 1.54) is 12.8 Å². The van der Waals surface area contributed by atoms with Crippen LogP contribution in [-0.4, -0.2) is 24.3 Å². The largest absolute Gasteiger partial charge is 0.447 e. The summed E-state index contributed by atoms with van der Waals surface area (Å²) < 4.78 is 5.04. The second-order valence-electron chi connectivity index (χ2n) is 4.51. The molecule has 0 saturated heterocycles. The van der Waals surface area contributed by atoms with Crippen LogP contribution in [0.15, 0.2) is 0 Å². The molecule has 0 bridgehead atoms. The van der Waals surface area contributed by atoms with Gasteiger partial charge in [-0.1, -0.05) is 19.3 Å². The quantitative estimate of drug-likeness (QED) is 0.689. The summed E-state index contributed by atoms with van der Waals surface area (Å²) in [5, 5.41) is 2.85. The summed E-state index contributed by atoms with van der Waals surface area (Å²) in [6.45, 7) is 3.68. The van der Waals surface area contributed by atoms with Gasteiger partial charge in [0.15, 0.2) is 0 Å². The van der Waals surface area contributed by atoms with Crippen molar-refractivity contribution in [2.45, 2.75) is 64.1 Å². The number of amides is 1. The van der Waals surface area contributed by atoms with Crippen molar-refractivity contribution in [2.75, 3.05) is 0 Å². The Balaban J connectivity index is 2.37. The van der Waals surface area contributed by atoms with Crippen molar-refractivity contribution in [3.05, 3.63) is 0 Å². The monoisotopic (exact) mass is 214 g/mol. The average molecular weight is 214 g/mol. The van der Waals surface area contributed by atoms with Gasteiger partial charge in [-0.2, -0.15) is 0 Å². The van der Waals surface area contributed by atoms with Crippen LogP contribution in [0.4, 0.5) is 4.79 Å². The maximum Gasteiger partial charge on any atom is 0.407 e. The number of nitrogens with one attached hydrogen (secondary N) is 1. The molecule has 88 valence electrons. The Kier molecular flexibility index (Phi) is 4.88. The number of rotatable bonds is 2. The predicted molar refractivity (Wildman–Crippen MR) is 59.6 cm³/mol. The van der Waals surface area contributed by atoms with Crippen LogP contribution in [0.5, 0.6) is 0 Å². The Hall–Kier alpha value is -0.770. The van der Waals surface area contributed by atoms with Crippen LogP contribution >= 0.6 is 0 Å². The van der Waals surface area contributed by atoms with Gasteiger partial charge in [-0.15, -0.1) is 0 Å². The molecule has 2 atom stereocenters. The topological polar surface area (TPSA) is 64.3 Å². The van der Waals surface area contributed by atoms with Gasteiger partial charge in [0.2, 0.25) is 0 Å². The molecule has 2 unspecified atom stereocenters. The second-order valence-corrected chi connectivity index (χ2v) is 4.51. The van der Waals surface area contributed by atoms with Crippen molar-refractivity contribution in [2.24, 2.45) is 5.73 Å². The van der Waals surface area contributed by atoms with Gasteiger partial charge in [0.25, 0.3) is 0 Å². The van der Waals surface area contributed by atoms with E-state index in [-0.39, 0.29) is 24.3 Å². The Morgan fingerprint density at radius 1 is 1.33 bits per heavy atom. The fraction of sp³-hybridized carbons (Fsp3) is 0.909. The third-order valence-electron chi connectivity index (χ3n) is 2.72. The molecule has 1 rings (SSSR count). The molecule has 4 nitrogen and oxygen atoms in total. The Morgan fingerprint density at radius 3 is 2.67 bits per heavy atom. The van der Waals surface area contributed by atoms with Gasteiger partial charge >= 0.3 is 6.09 Å². The fourth-order valence-electron chi connectivity index (χ4n) is 1.92. The van der Waals surface area contributed by atoms with E-state index in [9.17, 15) is 4.79 Å². The molecule has 1 fully saturated rings. The number of ether oxygens (including phenoxy) is 1. The summed E-state index contributed by atoms with van der Waals surface area (Å²) in [4.78, 5) is 11.4. The summed E-state index contributed by atoms with van der Waals surface area (Å²) in [5.41, 5.74) is 5.99. The summed E-state index contributed by atoms with van der Waals surface area (Å²) in [6.07, 6.45) is 5.06. The predicted octanol–water partition coefficient (Wildman–Crippen LogP) is 1.78. The lowest BCUT2D eigenvalue weighted by atomic mass is 10.0. The van der Waals surface area contributed by atoms with E-state index < -0.39 is 0 Å². The molecule has 15 heavy (non-hydrogen) atoms. The van der Waals surface area contributed by atoms with Gasteiger partial charge in [0.05, 0.1) is 6.10 Å². The SMILES string of the molecule is CC(C)OC(=O)NC1CCCCCC1N. The van der Waals surface area contributed by atoms with Gasteiger partial charge in [-0.3, -0.25) is 0 Å². The highest BCUT2D eigenvalue weighted by molar-refractivity contribution is 5.67. The highest BCUT2D eigenvalue weighted by Crippen LogP contribution is 2.16. The van der Waals surface area contributed by atoms with Gasteiger partial charge in [0, 0.05) is 12.1 Å². The first-order chi connectivity index (χ1) is 7.09. The minimum Gasteiger partial charge on any atom is -0.447 e. The summed E-state index contributed by atoms with van der Waals surface area (Å²) in [5.74, 6) is 0. The van der Waals surface area contributed by atoms with Crippen LogP contribution in [0.2, 0.25) is 0 Å². The highest BCUT2D eigenvalue weighted by Gasteiger charge is 2.22. The van der Waals surface area contributed by atoms with E-state index in [2.05, 4.69) is 5.32 Å². The van der Waals surface area contributed by atoms with E-state index in [1.54, 1.807) is 0 Å². The van der Waals surface area contributed by atoms with E-state index in [4.69, 9.17) is 10.5 Å². The van der Waals surface area contributed by atoms with Crippen molar-refractivity contribution in [1.29, 1.82) is 0 Å². The fourth-order valence-corrected chi connectivity index (χ4v) is 1.92. The highest BCUT2D eigenvalue weighted by atomic mass is 16.6. The zero-order valence-corrected chi connectivity index (χ0v) is 9.66. The van der Waals surface area contributed by atoms with Crippen molar-refractivity contribution in [3.8, 4) is 0 Å². The van der Waals surface area contributed by atoms with Gasteiger partial charge < -0.3 is 15.8 Å². The van der Waals surface area contributed by atoms with Gasteiger partial charge in [-0.25, -0.2) is 4.79 Å². The third kappa shape index (κ3) is 4.51. The second kappa shape index (κ2) is 5.95. The number of alkyl carbamates (subject to hydrolysis) is 1. The first-order valence-corrected chi connectivity index (χ1v) is 5.82. The van der Waals surface area contributed by atoms with Crippen LogP contribution < -0.4 is 11.1 Å². The molecule has 0 heterocycles. The van der Waals surface area contributed by atoms with Crippen LogP contribution in [0.1, 0.15) is 46.0 Å². The summed E-state index contributed by atoms with van der Waals surface area (Å²) in [6, 6.07) is 0.158. The number of carbonyl (C=O) groups excluding carboxylic acids is 1. The molecule has 1 amide bonds. The molecular weight excluding hydrogens is 192 g/mol.